The van der Waals surface area contributed by atoms with E-state index in [1.165, 1.54) is 11.7 Å². The topological polar surface area (TPSA) is 99.1 Å². The maximum absolute atomic E-state index is 15.7. The van der Waals surface area contributed by atoms with E-state index in [4.69, 9.17) is 9.47 Å². The Morgan fingerprint density at radius 3 is 2.44 bits per heavy atom. The predicted octanol–water partition coefficient (Wildman–Crippen LogP) is 4.25. The van der Waals surface area contributed by atoms with Gasteiger partial charge in [-0.05, 0) is 39.2 Å². The number of alkyl halides is 1. The second-order valence-electron chi connectivity index (χ2n) is 10.7. The van der Waals surface area contributed by atoms with Crippen LogP contribution in [0.2, 0.25) is 0 Å². The fourth-order valence-electron chi connectivity index (χ4n) is 5.01. The number of anilines is 1. The summed E-state index contributed by atoms with van der Waals surface area (Å²) in [6.45, 7) is 7.65. The number of aromatic nitrogens is 1. The molecule has 1 saturated heterocycles. The van der Waals surface area contributed by atoms with Crippen LogP contribution in [-0.4, -0.2) is 62.1 Å². The summed E-state index contributed by atoms with van der Waals surface area (Å²) in [4.78, 5) is 39.4. The van der Waals surface area contributed by atoms with Crippen molar-refractivity contribution in [3.8, 4) is 5.75 Å². The van der Waals surface area contributed by atoms with Crippen LogP contribution in [0.25, 0.3) is 10.9 Å². The Kier molecular flexibility index (Phi) is 7.77. The number of halogens is 4. The molecular formula is C25H30BF4N3O6. The summed E-state index contributed by atoms with van der Waals surface area (Å²) in [6, 6.07) is -0.324. The molecule has 2 aromatic rings. The molecule has 0 unspecified atom stereocenters. The van der Waals surface area contributed by atoms with Crippen LogP contribution in [0.4, 0.5) is 27.9 Å². The molecule has 9 nitrogen and oxygen atoms in total. The Morgan fingerprint density at radius 2 is 1.90 bits per heavy atom. The highest BCUT2D eigenvalue weighted by molar-refractivity contribution is 6.38. The van der Waals surface area contributed by atoms with Gasteiger partial charge in [-0.15, -0.1) is 0 Å². The SMILES string of the molecule is CC[C@H]1CN(c2c(F)cc3c(=O)c(C(=O)OB(F)F)cn([C@@H]4C[C@@H]4F)c3c2OC)C[C@H]1NC(=O)OC(C)(C)C. The largest absolute Gasteiger partial charge is 0.798 e. The second-order valence-corrected chi connectivity index (χ2v) is 10.7. The second kappa shape index (κ2) is 10.6. The first kappa shape index (κ1) is 28.6. The lowest BCUT2D eigenvalue weighted by atomic mass is 10.0. The van der Waals surface area contributed by atoms with E-state index in [-0.39, 0.29) is 41.2 Å². The van der Waals surface area contributed by atoms with E-state index in [1.807, 2.05) is 6.92 Å². The molecule has 39 heavy (non-hydrogen) atoms. The summed E-state index contributed by atoms with van der Waals surface area (Å²) in [5.41, 5.74) is -2.52. The molecule has 0 radical (unpaired) electrons. The molecule has 1 aliphatic carbocycles. The van der Waals surface area contributed by atoms with E-state index in [1.54, 1.807) is 25.7 Å². The zero-order valence-corrected chi connectivity index (χ0v) is 22.2. The van der Waals surface area contributed by atoms with Gasteiger partial charge in [-0.1, -0.05) is 6.92 Å². The minimum absolute atomic E-state index is 0.0101. The molecule has 1 saturated carbocycles. The first-order valence-corrected chi connectivity index (χ1v) is 12.6. The highest BCUT2D eigenvalue weighted by atomic mass is 19.2. The quantitative estimate of drug-likeness (QED) is 0.403. The molecule has 1 aromatic carbocycles. The Morgan fingerprint density at radius 1 is 1.23 bits per heavy atom. The molecule has 1 aromatic heterocycles. The highest BCUT2D eigenvalue weighted by Crippen LogP contribution is 2.46. The molecule has 14 heteroatoms. The van der Waals surface area contributed by atoms with E-state index < -0.39 is 60.2 Å². The molecule has 1 N–H and O–H groups in total. The van der Waals surface area contributed by atoms with Crippen molar-refractivity contribution in [2.45, 2.75) is 64.4 Å². The van der Waals surface area contributed by atoms with Crippen molar-refractivity contribution in [1.82, 2.24) is 9.88 Å². The van der Waals surface area contributed by atoms with Crippen LogP contribution >= 0.6 is 0 Å². The van der Waals surface area contributed by atoms with Crippen molar-refractivity contribution in [3.63, 3.8) is 0 Å². The van der Waals surface area contributed by atoms with Gasteiger partial charge >= 0.3 is 19.5 Å². The van der Waals surface area contributed by atoms with Gasteiger partial charge in [0.25, 0.3) is 0 Å². The van der Waals surface area contributed by atoms with Crippen molar-refractivity contribution >= 4 is 36.1 Å². The number of hydrogen-bond donors (Lipinski definition) is 1. The molecular weight excluding hydrogens is 525 g/mol. The van der Waals surface area contributed by atoms with Crippen molar-refractivity contribution in [2.75, 3.05) is 25.1 Å². The third-order valence-corrected chi connectivity index (χ3v) is 6.84. The summed E-state index contributed by atoms with van der Waals surface area (Å²) in [7, 11) is -2.22. The number of nitrogens with one attached hydrogen (secondary N) is 1. The number of alkyl carbamates (subject to hydrolysis) is 1. The molecule has 0 bridgehead atoms. The van der Waals surface area contributed by atoms with Crippen LogP contribution in [0.5, 0.6) is 5.75 Å². The normalized spacial score (nSPS) is 22.5. The average Bonchev–Trinajstić information content (AvgIpc) is 3.41. The Bertz CT molecular complexity index is 1350. The molecule has 4 atom stereocenters. The van der Waals surface area contributed by atoms with Gasteiger partial charge in [-0.3, -0.25) is 4.79 Å². The molecule has 1 amide bonds. The zero-order valence-electron chi connectivity index (χ0n) is 22.2. The lowest BCUT2D eigenvalue weighted by Crippen LogP contribution is -2.43. The van der Waals surface area contributed by atoms with Gasteiger partial charge < -0.3 is 28.9 Å². The third kappa shape index (κ3) is 5.79. The number of methoxy groups -OCH3 is 1. The Balaban J connectivity index is 1.80. The number of hydrogen-bond acceptors (Lipinski definition) is 7. The van der Waals surface area contributed by atoms with Crippen LogP contribution in [-0.2, 0) is 9.39 Å². The number of fused-ring (bicyclic) bond motifs is 1. The van der Waals surface area contributed by atoms with Crippen molar-refractivity contribution in [2.24, 2.45) is 5.92 Å². The van der Waals surface area contributed by atoms with Crippen LogP contribution < -0.4 is 20.4 Å². The molecule has 1 aliphatic heterocycles. The van der Waals surface area contributed by atoms with Gasteiger partial charge in [-0.25, -0.2) is 27.0 Å². The minimum atomic E-state index is -3.48. The van der Waals surface area contributed by atoms with E-state index in [0.717, 1.165) is 12.3 Å². The van der Waals surface area contributed by atoms with E-state index >= 15 is 4.39 Å². The molecule has 4 rings (SSSR count). The molecule has 2 fully saturated rings. The Hall–Kier alpha value is -3.45. The minimum Gasteiger partial charge on any atom is -0.492 e. The van der Waals surface area contributed by atoms with Crippen LogP contribution in [0.3, 0.4) is 0 Å². The number of carbonyl (C=O) groups excluding carboxylic acids is 2. The molecule has 0 spiro atoms. The average molecular weight is 555 g/mol. The number of pyridine rings is 1. The predicted molar refractivity (Wildman–Crippen MR) is 136 cm³/mol. The van der Waals surface area contributed by atoms with Gasteiger partial charge in [0, 0.05) is 25.7 Å². The van der Waals surface area contributed by atoms with Crippen molar-refractivity contribution in [1.29, 1.82) is 0 Å². The summed E-state index contributed by atoms with van der Waals surface area (Å²) in [5, 5.41) is 2.49. The van der Waals surface area contributed by atoms with E-state index in [0.29, 0.717) is 13.0 Å². The van der Waals surface area contributed by atoms with Gasteiger partial charge in [-0.2, -0.15) is 0 Å². The highest BCUT2D eigenvalue weighted by Gasteiger charge is 2.42. The van der Waals surface area contributed by atoms with Crippen LogP contribution in [0.1, 0.15) is 56.9 Å². The maximum atomic E-state index is 15.7. The Labute approximate surface area is 222 Å². The standard InChI is InChI=1S/C25H30BF4N3O6/c1-6-12-9-32(11-17(12)31-24(36)38-25(2,3)4)20-16(28)7-13-19(22(20)37-5)33(18-8-15(18)27)10-14(21(13)34)23(35)39-26(29)30/h7,10,12,15,17-18H,6,8-9,11H2,1-5H3,(H,31,36)/t12-,15-,17+,18+/m0/s1. The van der Waals surface area contributed by atoms with Crippen LogP contribution in [0.15, 0.2) is 17.1 Å². The number of rotatable bonds is 7. The number of benzene rings is 1. The first-order valence-electron chi connectivity index (χ1n) is 12.6. The smallest absolute Gasteiger partial charge is 0.492 e. The zero-order chi connectivity index (χ0) is 28.8. The summed E-state index contributed by atoms with van der Waals surface area (Å²) < 4.78 is 71.4. The van der Waals surface area contributed by atoms with E-state index in [9.17, 15) is 27.4 Å². The molecule has 212 valence electrons. The first-order chi connectivity index (χ1) is 18.2. The van der Waals surface area contributed by atoms with Crippen molar-refractivity contribution in [3.05, 3.63) is 33.9 Å². The van der Waals surface area contributed by atoms with Crippen LogP contribution in [0, 0.1) is 11.7 Å². The number of ether oxygens (including phenoxy) is 2. The van der Waals surface area contributed by atoms with Gasteiger partial charge in [0.2, 0.25) is 5.43 Å². The number of carbonyl (C=O) groups is 2. The fraction of sp³-hybridized carbons (Fsp3) is 0.560. The molecule has 2 aliphatic rings. The summed E-state index contributed by atoms with van der Waals surface area (Å²) >= 11 is 0. The van der Waals surface area contributed by atoms with Crippen molar-refractivity contribution < 1.29 is 41.1 Å². The molecule has 2 heterocycles. The summed E-state index contributed by atoms with van der Waals surface area (Å²) in [6.07, 6.45) is -0.290. The van der Waals surface area contributed by atoms with E-state index in [2.05, 4.69) is 9.97 Å². The van der Waals surface area contributed by atoms with Gasteiger partial charge in [0.05, 0.1) is 30.1 Å². The third-order valence-electron chi connectivity index (χ3n) is 6.84. The number of amides is 1. The maximum Gasteiger partial charge on any atom is 0.798 e. The monoisotopic (exact) mass is 555 g/mol. The van der Waals surface area contributed by atoms with Gasteiger partial charge in [0.1, 0.15) is 23.0 Å². The number of nitrogens with zero attached hydrogens (tertiary/aromatic N) is 2. The lowest BCUT2D eigenvalue weighted by Gasteiger charge is -2.25. The summed E-state index contributed by atoms with van der Waals surface area (Å²) in [5.74, 6) is -2.64. The fourth-order valence-corrected chi connectivity index (χ4v) is 5.01. The van der Waals surface area contributed by atoms with Gasteiger partial charge in [0.15, 0.2) is 11.6 Å². The lowest BCUT2D eigenvalue weighted by molar-refractivity contribution is 0.0496.